The third-order valence-electron chi connectivity index (χ3n) is 5.94. The van der Waals surface area contributed by atoms with E-state index in [1.165, 1.54) is 5.56 Å². The normalized spacial score (nSPS) is 11.8. The molecule has 34 heavy (non-hydrogen) atoms. The molecule has 1 heterocycles. The van der Waals surface area contributed by atoms with E-state index < -0.39 is 0 Å². The summed E-state index contributed by atoms with van der Waals surface area (Å²) in [5.41, 5.74) is 5.68. The summed E-state index contributed by atoms with van der Waals surface area (Å²) >= 11 is 0. The molecule has 3 N–H and O–H groups in total. The van der Waals surface area contributed by atoms with Crippen molar-refractivity contribution in [1.29, 1.82) is 0 Å². The zero-order valence-corrected chi connectivity index (χ0v) is 21.2. The van der Waals surface area contributed by atoms with Gasteiger partial charge in [0.25, 0.3) is 0 Å². The first-order valence-corrected chi connectivity index (χ1v) is 11.8. The number of phenols is 1. The van der Waals surface area contributed by atoms with Crippen molar-refractivity contribution in [2.75, 3.05) is 5.32 Å². The molecule has 0 bridgehead atoms. The zero-order valence-electron chi connectivity index (χ0n) is 21.2. The fourth-order valence-electron chi connectivity index (χ4n) is 3.97. The lowest BCUT2D eigenvalue weighted by Crippen LogP contribution is -2.28. The molecule has 0 atom stereocenters. The van der Waals surface area contributed by atoms with Crippen molar-refractivity contribution in [3.63, 3.8) is 0 Å². The van der Waals surface area contributed by atoms with Crippen molar-refractivity contribution >= 4 is 11.7 Å². The Balaban J connectivity index is 1.75. The molecule has 0 spiro atoms. The number of aromatic nitrogens is 1. The number of aryl methyl sites for hydroxylation is 2. The van der Waals surface area contributed by atoms with E-state index in [1.54, 1.807) is 12.4 Å². The number of amides is 2. The highest BCUT2D eigenvalue weighted by Crippen LogP contribution is 2.40. The third kappa shape index (κ3) is 6.60. The van der Waals surface area contributed by atoms with E-state index in [-0.39, 0.29) is 16.9 Å². The van der Waals surface area contributed by atoms with Gasteiger partial charge in [-0.25, -0.2) is 4.79 Å². The van der Waals surface area contributed by atoms with Crippen molar-refractivity contribution in [2.45, 2.75) is 71.8 Å². The molecule has 3 rings (SSSR count). The highest BCUT2D eigenvalue weighted by Gasteiger charge is 2.26. The SMILES string of the molecule is CC(C)(C)c1cc(CCc2ccccc2NC(=O)NCc2ccncc2)cc(C(C)(C)C)c1O. The Morgan fingerprint density at radius 3 is 2.03 bits per heavy atom. The monoisotopic (exact) mass is 459 g/mol. The number of anilines is 1. The predicted octanol–water partition coefficient (Wildman–Crippen LogP) is 6.49. The van der Waals surface area contributed by atoms with Gasteiger partial charge < -0.3 is 15.7 Å². The van der Waals surface area contributed by atoms with Crippen molar-refractivity contribution in [3.8, 4) is 5.75 Å². The molecule has 0 aliphatic rings. The van der Waals surface area contributed by atoms with E-state index in [0.29, 0.717) is 12.3 Å². The summed E-state index contributed by atoms with van der Waals surface area (Å²) in [5.74, 6) is 0.400. The fraction of sp³-hybridized carbons (Fsp3) is 0.379. The van der Waals surface area contributed by atoms with Crippen LogP contribution in [0, 0.1) is 0 Å². The lowest BCUT2D eigenvalue weighted by molar-refractivity contribution is 0.251. The van der Waals surface area contributed by atoms with Crippen LogP contribution in [0.25, 0.3) is 0 Å². The molecule has 2 amide bonds. The number of urea groups is 1. The Morgan fingerprint density at radius 2 is 1.44 bits per heavy atom. The lowest BCUT2D eigenvalue weighted by Gasteiger charge is -2.28. The van der Waals surface area contributed by atoms with Crippen LogP contribution in [-0.2, 0) is 30.2 Å². The Morgan fingerprint density at radius 1 is 0.853 bits per heavy atom. The number of rotatable bonds is 6. The van der Waals surface area contributed by atoms with E-state index in [2.05, 4.69) is 69.3 Å². The molecular weight excluding hydrogens is 422 g/mol. The van der Waals surface area contributed by atoms with Gasteiger partial charge in [0.15, 0.2) is 0 Å². The molecule has 2 aromatic carbocycles. The van der Waals surface area contributed by atoms with Crippen LogP contribution >= 0.6 is 0 Å². The minimum absolute atomic E-state index is 0.160. The largest absolute Gasteiger partial charge is 0.507 e. The number of phenolic OH excluding ortho intramolecular Hbond substituents is 1. The zero-order chi connectivity index (χ0) is 24.9. The van der Waals surface area contributed by atoms with Crippen LogP contribution in [0.3, 0.4) is 0 Å². The van der Waals surface area contributed by atoms with Crippen LogP contribution in [0.4, 0.5) is 10.5 Å². The topological polar surface area (TPSA) is 74.2 Å². The van der Waals surface area contributed by atoms with Gasteiger partial charge in [-0.15, -0.1) is 0 Å². The number of hydrogen-bond donors (Lipinski definition) is 3. The van der Waals surface area contributed by atoms with Crippen molar-refractivity contribution in [2.24, 2.45) is 0 Å². The maximum atomic E-state index is 12.5. The number of carbonyl (C=O) groups is 1. The first-order valence-electron chi connectivity index (χ1n) is 11.8. The van der Waals surface area contributed by atoms with Gasteiger partial charge >= 0.3 is 6.03 Å². The van der Waals surface area contributed by atoms with Crippen molar-refractivity contribution < 1.29 is 9.90 Å². The highest BCUT2D eigenvalue weighted by molar-refractivity contribution is 5.90. The molecule has 0 aliphatic heterocycles. The number of pyridine rings is 1. The van der Waals surface area contributed by atoms with Crippen molar-refractivity contribution in [3.05, 3.63) is 88.7 Å². The van der Waals surface area contributed by atoms with Crippen LogP contribution in [0.15, 0.2) is 60.9 Å². The second kappa shape index (κ2) is 10.3. The quantitative estimate of drug-likeness (QED) is 0.394. The van der Waals surface area contributed by atoms with E-state index >= 15 is 0 Å². The number of nitrogens with one attached hydrogen (secondary N) is 2. The van der Waals surface area contributed by atoms with Gasteiger partial charge in [0.05, 0.1) is 0 Å². The standard InChI is InChI=1S/C29H37N3O2/c1-28(2,3)23-17-21(18-24(26(23)33)29(4,5)6)11-12-22-9-7-8-10-25(22)32-27(34)31-19-20-13-15-30-16-14-20/h7-10,13-18,33H,11-12,19H2,1-6H3,(H2,31,32,34). The maximum Gasteiger partial charge on any atom is 0.319 e. The molecule has 0 fully saturated rings. The molecule has 0 aliphatic carbocycles. The summed E-state index contributed by atoms with van der Waals surface area (Å²) in [6.45, 7) is 13.2. The maximum absolute atomic E-state index is 12.5. The fourth-order valence-corrected chi connectivity index (χ4v) is 3.97. The van der Waals surface area contributed by atoms with Gasteiger partial charge in [0, 0.05) is 24.6 Å². The van der Waals surface area contributed by atoms with E-state index in [9.17, 15) is 9.90 Å². The highest BCUT2D eigenvalue weighted by atomic mass is 16.3. The number of para-hydroxylation sites is 1. The molecule has 5 heteroatoms. The summed E-state index contributed by atoms with van der Waals surface area (Å²) in [7, 11) is 0. The lowest BCUT2D eigenvalue weighted by atomic mass is 9.78. The first-order chi connectivity index (χ1) is 15.9. The molecule has 0 saturated heterocycles. The molecular formula is C29H37N3O2. The van der Waals surface area contributed by atoms with Crippen LogP contribution in [0.1, 0.15) is 69.4 Å². The summed E-state index contributed by atoms with van der Waals surface area (Å²) in [4.78, 5) is 16.5. The molecule has 3 aromatic rings. The Bertz CT molecular complexity index is 1090. The third-order valence-corrected chi connectivity index (χ3v) is 5.94. The van der Waals surface area contributed by atoms with Gasteiger partial charge in [0.2, 0.25) is 0 Å². The smallest absolute Gasteiger partial charge is 0.319 e. The Hall–Kier alpha value is -3.34. The summed E-state index contributed by atoms with van der Waals surface area (Å²) < 4.78 is 0. The van der Waals surface area contributed by atoms with Gasteiger partial charge in [-0.3, -0.25) is 4.98 Å². The number of hydrogen-bond acceptors (Lipinski definition) is 3. The van der Waals surface area contributed by atoms with Gasteiger partial charge in [0.1, 0.15) is 5.75 Å². The summed E-state index contributed by atoms with van der Waals surface area (Å²) in [5, 5.41) is 16.9. The van der Waals surface area contributed by atoms with Crippen LogP contribution in [-0.4, -0.2) is 16.1 Å². The Labute approximate surface area is 203 Å². The molecule has 180 valence electrons. The number of carbonyl (C=O) groups excluding carboxylic acids is 1. The number of aromatic hydroxyl groups is 1. The minimum Gasteiger partial charge on any atom is -0.507 e. The second-order valence-electron chi connectivity index (χ2n) is 10.9. The second-order valence-corrected chi connectivity index (χ2v) is 10.9. The number of benzene rings is 2. The summed E-state index contributed by atoms with van der Waals surface area (Å²) in [6, 6.07) is 15.7. The van der Waals surface area contributed by atoms with Gasteiger partial charge in [-0.1, -0.05) is 71.9 Å². The summed E-state index contributed by atoms with van der Waals surface area (Å²) in [6.07, 6.45) is 5.01. The predicted molar refractivity (Wildman–Crippen MR) is 139 cm³/mol. The van der Waals surface area contributed by atoms with Crippen molar-refractivity contribution in [1.82, 2.24) is 10.3 Å². The average Bonchev–Trinajstić information content (AvgIpc) is 2.77. The van der Waals surface area contributed by atoms with E-state index in [1.807, 2.05) is 36.4 Å². The molecule has 0 saturated carbocycles. The van der Waals surface area contributed by atoms with Crippen LogP contribution in [0.2, 0.25) is 0 Å². The van der Waals surface area contributed by atoms with E-state index in [0.717, 1.165) is 40.8 Å². The van der Waals surface area contributed by atoms with E-state index in [4.69, 9.17) is 0 Å². The molecule has 1 aromatic heterocycles. The molecule has 0 unspecified atom stereocenters. The first kappa shape index (κ1) is 25.3. The van der Waals surface area contributed by atoms with Crippen LogP contribution in [0.5, 0.6) is 5.75 Å². The van der Waals surface area contributed by atoms with Crippen LogP contribution < -0.4 is 10.6 Å². The molecule has 0 radical (unpaired) electrons. The molecule has 5 nitrogen and oxygen atoms in total. The average molecular weight is 460 g/mol. The van der Waals surface area contributed by atoms with Gasteiger partial charge in [-0.05, 0) is 69.7 Å². The number of nitrogens with zero attached hydrogens (tertiary/aromatic N) is 1. The Kier molecular flexibility index (Phi) is 7.65. The van der Waals surface area contributed by atoms with Gasteiger partial charge in [-0.2, -0.15) is 0 Å². The minimum atomic E-state index is -0.237.